The summed E-state index contributed by atoms with van der Waals surface area (Å²) in [5, 5.41) is 0. The Morgan fingerprint density at radius 3 is 2.08 bits per heavy atom. The predicted molar refractivity (Wildman–Crippen MR) is 103 cm³/mol. The van der Waals surface area contributed by atoms with E-state index in [-0.39, 0.29) is 23.3 Å². The van der Waals surface area contributed by atoms with Crippen molar-refractivity contribution in [2.45, 2.75) is 38.1 Å². The van der Waals surface area contributed by atoms with Gasteiger partial charge in [-0.2, -0.15) is 0 Å². The number of anilines is 1. The fourth-order valence-corrected chi connectivity index (χ4v) is 3.34. The number of hydrogen-bond donors (Lipinski definition) is 0. The minimum absolute atomic E-state index is 0.0451. The molecule has 0 aliphatic heterocycles. The molecular formula is C20H25NO4S. The van der Waals surface area contributed by atoms with Crippen LogP contribution >= 0.6 is 0 Å². The van der Waals surface area contributed by atoms with Crippen molar-refractivity contribution in [1.82, 2.24) is 0 Å². The molecule has 5 nitrogen and oxygen atoms in total. The van der Waals surface area contributed by atoms with Crippen molar-refractivity contribution >= 4 is 21.4 Å². The molecule has 0 heterocycles. The van der Waals surface area contributed by atoms with Gasteiger partial charge < -0.3 is 9.64 Å². The average Bonchev–Trinajstić information content (AvgIpc) is 2.56. The maximum Gasteiger partial charge on any atom is 0.231 e. The van der Waals surface area contributed by atoms with E-state index in [4.69, 9.17) is 4.74 Å². The molecule has 0 aromatic heterocycles. The molecule has 0 bridgehead atoms. The number of sulfone groups is 1. The summed E-state index contributed by atoms with van der Waals surface area (Å²) in [6.45, 7) is 6.39. The molecule has 0 saturated carbocycles. The number of rotatable bonds is 7. The molecule has 0 fully saturated rings. The lowest BCUT2D eigenvalue weighted by Crippen LogP contribution is -2.38. The number of carbonyl (C=O) groups is 1. The van der Waals surface area contributed by atoms with E-state index >= 15 is 0 Å². The SMILES string of the molecule is CCOc1ccc(CC(=O)N(c2ccc(S(C)(=O)=O)cc2)C(C)C)cc1. The molecule has 0 aliphatic carbocycles. The zero-order valence-corrected chi connectivity index (χ0v) is 16.4. The third-order valence-electron chi connectivity index (χ3n) is 3.92. The molecule has 0 atom stereocenters. The van der Waals surface area contributed by atoms with Crippen molar-refractivity contribution in [3.63, 3.8) is 0 Å². The Bertz CT molecular complexity index is 840. The third kappa shape index (κ3) is 5.08. The van der Waals surface area contributed by atoms with E-state index in [9.17, 15) is 13.2 Å². The molecule has 0 spiro atoms. The van der Waals surface area contributed by atoms with Gasteiger partial charge in [-0.25, -0.2) is 8.42 Å². The largest absolute Gasteiger partial charge is 0.494 e. The first-order valence-electron chi connectivity index (χ1n) is 8.56. The van der Waals surface area contributed by atoms with Crippen LogP contribution in [0.4, 0.5) is 5.69 Å². The van der Waals surface area contributed by atoms with Crippen LogP contribution in [0.25, 0.3) is 0 Å². The van der Waals surface area contributed by atoms with Crippen LogP contribution in [0.15, 0.2) is 53.4 Å². The van der Waals surface area contributed by atoms with Crippen molar-refractivity contribution in [3.05, 3.63) is 54.1 Å². The Kier molecular flexibility index (Phi) is 6.42. The first-order valence-corrected chi connectivity index (χ1v) is 10.5. The summed E-state index contributed by atoms with van der Waals surface area (Å²) >= 11 is 0. The minimum Gasteiger partial charge on any atom is -0.494 e. The molecule has 0 unspecified atom stereocenters. The highest BCUT2D eigenvalue weighted by Crippen LogP contribution is 2.22. The lowest BCUT2D eigenvalue weighted by molar-refractivity contribution is -0.118. The number of carbonyl (C=O) groups excluding carboxylic acids is 1. The summed E-state index contributed by atoms with van der Waals surface area (Å²) in [7, 11) is -3.26. The van der Waals surface area contributed by atoms with E-state index in [1.807, 2.05) is 45.0 Å². The summed E-state index contributed by atoms with van der Waals surface area (Å²) < 4.78 is 28.6. The Labute approximate surface area is 155 Å². The standard InChI is InChI=1S/C20H25NO4S/c1-5-25-18-10-6-16(7-11-18)14-20(22)21(15(2)3)17-8-12-19(13-9-17)26(4,23)24/h6-13,15H,5,14H2,1-4H3. The molecule has 0 aliphatic rings. The van der Waals surface area contributed by atoms with Gasteiger partial charge in [0.15, 0.2) is 9.84 Å². The highest BCUT2D eigenvalue weighted by atomic mass is 32.2. The van der Waals surface area contributed by atoms with Gasteiger partial charge in [-0.3, -0.25) is 4.79 Å². The second kappa shape index (κ2) is 8.36. The van der Waals surface area contributed by atoms with Crippen molar-refractivity contribution in [2.75, 3.05) is 17.8 Å². The van der Waals surface area contributed by atoms with Crippen LogP contribution in [0.2, 0.25) is 0 Å². The summed E-state index contributed by atoms with van der Waals surface area (Å²) in [6.07, 6.45) is 1.43. The van der Waals surface area contributed by atoms with Crippen molar-refractivity contribution in [1.29, 1.82) is 0 Å². The Hall–Kier alpha value is -2.34. The third-order valence-corrected chi connectivity index (χ3v) is 5.05. The fraction of sp³-hybridized carbons (Fsp3) is 0.350. The van der Waals surface area contributed by atoms with Crippen LogP contribution in [0.3, 0.4) is 0 Å². The highest BCUT2D eigenvalue weighted by Gasteiger charge is 2.20. The van der Waals surface area contributed by atoms with Crippen LogP contribution < -0.4 is 9.64 Å². The smallest absolute Gasteiger partial charge is 0.231 e. The molecule has 6 heteroatoms. The highest BCUT2D eigenvalue weighted by molar-refractivity contribution is 7.90. The Morgan fingerprint density at radius 1 is 1.04 bits per heavy atom. The average molecular weight is 375 g/mol. The first-order chi connectivity index (χ1) is 12.2. The van der Waals surface area contributed by atoms with Crippen molar-refractivity contribution in [3.8, 4) is 5.75 Å². The zero-order valence-electron chi connectivity index (χ0n) is 15.6. The number of nitrogens with zero attached hydrogens (tertiary/aromatic N) is 1. The number of benzene rings is 2. The molecular weight excluding hydrogens is 350 g/mol. The maximum atomic E-state index is 12.8. The monoisotopic (exact) mass is 375 g/mol. The van der Waals surface area contributed by atoms with Crippen LogP contribution in [0.5, 0.6) is 5.75 Å². The lowest BCUT2D eigenvalue weighted by Gasteiger charge is -2.27. The summed E-state index contributed by atoms with van der Waals surface area (Å²) in [6, 6.07) is 13.8. The molecule has 1 amide bonds. The topological polar surface area (TPSA) is 63.7 Å². The van der Waals surface area contributed by atoms with E-state index in [0.29, 0.717) is 12.3 Å². The first kappa shape index (κ1) is 20.0. The second-order valence-electron chi connectivity index (χ2n) is 6.38. The van der Waals surface area contributed by atoms with E-state index in [1.54, 1.807) is 17.0 Å². The molecule has 140 valence electrons. The van der Waals surface area contributed by atoms with Gasteiger partial charge in [0.05, 0.1) is 17.9 Å². The summed E-state index contributed by atoms with van der Waals surface area (Å²) in [4.78, 5) is 14.7. The normalized spacial score (nSPS) is 11.4. The lowest BCUT2D eigenvalue weighted by atomic mass is 10.1. The molecule has 2 aromatic carbocycles. The van der Waals surface area contributed by atoms with E-state index < -0.39 is 9.84 Å². The quantitative estimate of drug-likeness (QED) is 0.743. The van der Waals surface area contributed by atoms with Gasteiger partial charge in [-0.15, -0.1) is 0 Å². The second-order valence-corrected chi connectivity index (χ2v) is 8.39. The van der Waals surface area contributed by atoms with E-state index in [1.165, 1.54) is 18.4 Å². The van der Waals surface area contributed by atoms with Gasteiger partial charge in [-0.1, -0.05) is 12.1 Å². The van der Waals surface area contributed by atoms with Gasteiger partial charge in [0.25, 0.3) is 0 Å². The molecule has 0 saturated heterocycles. The van der Waals surface area contributed by atoms with Gasteiger partial charge in [-0.05, 0) is 62.7 Å². The molecule has 2 aromatic rings. The van der Waals surface area contributed by atoms with Gasteiger partial charge >= 0.3 is 0 Å². The van der Waals surface area contributed by atoms with Crippen LogP contribution in [-0.2, 0) is 21.1 Å². The number of ether oxygens (including phenoxy) is 1. The van der Waals surface area contributed by atoms with Gasteiger partial charge in [0, 0.05) is 18.0 Å². The minimum atomic E-state index is -3.26. The summed E-state index contributed by atoms with van der Waals surface area (Å²) in [5.74, 6) is 0.733. The maximum absolute atomic E-state index is 12.8. The Balaban J connectivity index is 2.19. The zero-order chi connectivity index (χ0) is 19.3. The molecule has 2 rings (SSSR count). The predicted octanol–water partition coefficient (Wildman–Crippen LogP) is 3.47. The van der Waals surface area contributed by atoms with Crippen LogP contribution in [0.1, 0.15) is 26.3 Å². The van der Waals surface area contributed by atoms with E-state index in [2.05, 4.69) is 0 Å². The molecule has 0 N–H and O–H groups in total. The van der Waals surface area contributed by atoms with E-state index in [0.717, 1.165) is 11.3 Å². The number of hydrogen-bond acceptors (Lipinski definition) is 4. The fourth-order valence-electron chi connectivity index (χ4n) is 2.71. The van der Waals surface area contributed by atoms with Crippen LogP contribution in [0, 0.1) is 0 Å². The Morgan fingerprint density at radius 2 is 1.62 bits per heavy atom. The van der Waals surface area contributed by atoms with Crippen LogP contribution in [-0.4, -0.2) is 33.2 Å². The van der Waals surface area contributed by atoms with Crippen molar-refractivity contribution < 1.29 is 17.9 Å². The molecule has 26 heavy (non-hydrogen) atoms. The van der Waals surface area contributed by atoms with Crippen molar-refractivity contribution in [2.24, 2.45) is 0 Å². The molecule has 0 radical (unpaired) electrons. The number of amides is 1. The summed E-state index contributed by atoms with van der Waals surface area (Å²) in [5.41, 5.74) is 1.58. The van der Waals surface area contributed by atoms with Gasteiger partial charge in [0.2, 0.25) is 5.91 Å². The van der Waals surface area contributed by atoms with Gasteiger partial charge in [0.1, 0.15) is 5.75 Å².